The molecular formula is C29H45FN6O2. The molecule has 0 saturated carbocycles. The van der Waals surface area contributed by atoms with E-state index in [0.717, 1.165) is 49.9 Å². The molecule has 0 bridgehead atoms. The molecule has 1 amide bonds. The highest BCUT2D eigenvalue weighted by Crippen LogP contribution is 2.39. The second-order valence-electron chi connectivity index (χ2n) is 11.4. The third kappa shape index (κ3) is 6.71. The molecule has 2 aliphatic rings. The van der Waals surface area contributed by atoms with Gasteiger partial charge in [0, 0.05) is 37.6 Å². The number of aromatic nitrogens is 4. The van der Waals surface area contributed by atoms with E-state index < -0.39 is 11.6 Å². The van der Waals surface area contributed by atoms with Crippen molar-refractivity contribution < 1.29 is 13.9 Å². The highest BCUT2D eigenvalue weighted by molar-refractivity contribution is 5.79. The summed E-state index contributed by atoms with van der Waals surface area (Å²) in [6, 6.07) is -0.00418. The average Bonchev–Trinajstić information content (AvgIpc) is 3.31. The molecule has 2 aromatic heterocycles. The molecule has 2 fully saturated rings. The van der Waals surface area contributed by atoms with Crippen LogP contribution in [-0.2, 0) is 16.0 Å². The Labute approximate surface area is 226 Å². The van der Waals surface area contributed by atoms with Gasteiger partial charge in [0.05, 0.1) is 41.8 Å². The van der Waals surface area contributed by atoms with Crippen LogP contribution in [0.5, 0.6) is 0 Å². The van der Waals surface area contributed by atoms with Gasteiger partial charge in [-0.15, -0.1) is 0 Å². The first kappa shape index (κ1) is 28.5. The summed E-state index contributed by atoms with van der Waals surface area (Å²) in [6.45, 7) is 13.7. The number of halogens is 1. The number of hydrogen-bond donors (Lipinski definition) is 2. The topological polar surface area (TPSA) is 93.4 Å². The number of ether oxygens (including phenoxy) is 1. The smallest absolute Gasteiger partial charge is 0.251 e. The van der Waals surface area contributed by atoms with Crippen molar-refractivity contribution in [3.05, 3.63) is 35.6 Å². The molecule has 2 N–H and O–H groups in total. The fraction of sp³-hybridized carbons (Fsp3) is 0.724. The van der Waals surface area contributed by atoms with Crippen LogP contribution in [0.1, 0.15) is 108 Å². The zero-order valence-electron chi connectivity index (χ0n) is 23.6. The van der Waals surface area contributed by atoms with Crippen LogP contribution < -0.4 is 10.6 Å². The van der Waals surface area contributed by atoms with Crippen molar-refractivity contribution in [2.24, 2.45) is 11.8 Å². The minimum absolute atomic E-state index is 0.00418. The van der Waals surface area contributed by atoms with E-state index in [1.165, 1.54) is 6.42 Å². The Balaban J connectivity index is 1.70. The molecule has 2 aliphatic heterocycles. The first-order valence-electron chi connectivity index (χ1n) is 14.5. The largest absolute Gasteiger partial charge is 0.381 e. The van der Waals surface area contributed by atoms with E-state index in [1.54, 1.807) is 11.4 Å². The average molecular weight is 529 g/mol. The van der Waals surface area contributed by atoms with Gasteiger partial charge in [-0.25, -0.2) is 18.9 Å². The van der Waals surface area contributed by atoms with Gasteiger partial charge < -0.3 is 15.4 Å². The van der Waals surface area contributed by atoms with Gasteiger partial charge in [-0.2, -0.15) is 5.10 Å². The molecule has 0 aromatic carbocycles. The monoisotopic (exact) mass is 528 g/mol. The number of carbonyl (C=O) groups is 1. The lowest BCUT2D eigenvalue weighted by Gasteiger charge is -2.35. The van der Waals surface area contributed by atoms with Gasteiger partial charge in [-0.05, 0) is 38.5 Å². The van der Waals surface area contributed by atoms with Crippen LogP contribution in [0.4, 0.5) is 4.39 Å². The maximum Gasteiger partial charge on any atom is 0.251 e. The van der Waals surface area contributed by atoms with Gasteiger partial charge in [0.15, 0.2) is 0 Å². The molecule has 2 saturated heterocycles. The van der Waals surface area contributed by atoms with E-state index in [9.17, 15) is 4.79 Å². The van der Waals surface area contributed by atoms with E-state index in [1.807, 2.05) is 6.20 Å². The number of nitrogens with zero attached hydrogens (tertiary/aromatic N) is 4. The van der Waals surface area contributed by atoms with E-state index in [4.69, 9.17) is 19.8 Å². The number of carbonyl (C=O) groups excluding carboxylic acids is 1. The number of allylic oxidation sites excluding steroid dienone is 1. The highest BCUT2D eigenvalue weighted by atomic mass is 19.1. The van der Waals surface area contributed by atoms with E-state index in [-0.39, 0.29) is 24.5 Å². The lowest BCUT2D eigenvalue weighted by atomic mass is 9.82. The Morgan fingerprint density at radius 2 is 2.18 bits per heavy atom. The molecule has 0 radical (unpaired) electrons. The molecule has 5 unspecified atom stereocenters. The predicted molar refractivity (Wildman–Crippen MR) is 147 cm³/mol. The van der Waals surface area contributed by atoms with Crippen LogP contribution in [0.15, 0.2) is 18.5 Å². The van der Waals surface area contributed by atoms with Crippen LogP contribution in [0.3, 0.4) is 0 Å². The zero-order chi connectivity index (χ0) is 27.3. The SMILES string of the molecule is C=C(CC)NC(CCCC(C)CC)c1cn2nc(CC3CCCNC3=O)c(C3COCCC3(C)F)nc2n1. The minimum atomic E-state index is -1.47. The lowest BCUT2D eigenvalue weighted by molar-refractivity contribution is -0.126. The number of alkyl halides is 1. The van der Waals surface area contributed by atoms with Crippen molar-refractivity contribution in [2.75, 3.05) is 19.8 Å². The molecule has 4 rings (SSSR count). The summed E-state index contributed by atoms with van der Waals surface area (Å²) >= 11 is 0. The standard InChI is InChI=1S/C29H45FN6O2/c1-6-19(3)10-8-12-23(32-20(4)7-2)25-17-36-28(33-25)34-26(22-18-38-15-13-29(22,5)30)24(35-36)16-21-11-9-14-31-27(21)37/h17,19,21-23,32H,4,6-16,18H2,1-3,5H3,(H,31,37). The van der Waals surface area contributed by atoms with Gasteiger partial charge in [0.2, 0.25) is 5.91 Å². The lowest BCUT2D eigenvalue weighted by Crippen LogP contribution is -2.40. The fourth-order valence-electron chi connectivity index (χ4n) is 5.44. The summed E-state index contributed by atoms with van der Waals surface area (Å²) in [5.74, 6) is 0.408. The zero-order valence-corrected chi connectivity index (χ0v) is 23.6. The minimum Gasteiger partial charge on any atom is -0.381 e. The van der Waals surface area contributed by atoms with Gasteiger partial charge >= 0.3 is 0 Å². The molecule has 38 heavy (non-hydrogen) atoms. The number of hydrogen-bond acceptors (Lipinski definition) is 6. The summed E-state index contributed by atoms with van der Waals surface area (Å²) in [5.41, 5.74) is 1.57. The Morgan fingerprint density at radius 1 is 1.37 bits per heavy atom. The third-order valence-electron chi connectivity index (χ3n) is 8.40. The molecule has 0 aliphatic carbocycles. The Hall–Kier alpha value is -2.55. The number of nitrogens with one attached hydrogen (secondary N) is 2. The van der Waals surface area contributed by atoms with Gasteiger partial charge in [0.1, 0.15) is 5.67 Å². The fourth-order valence-corrected chi connectivity index (χ4v) is 5.44. The molecule has 210 valence electrons. The van der Waals surface area contributed by atoms with Crippen molar-refractivity contribution >= 4 is 11.7 Å². The van der Waals surface area contributed by atoms with Crippen LogP contribution >= 0.6 is 0 Å². The maximum absolute atomic E-state index is 15.7. The van der Waals surface area contributed by atoms with E-state index in [2.05, 4.69) is 38.0 Å². The predicted octanol–water partition coefficient (Wildman–Crippen LogP) is 5.20. The second kappa shape index (κ2) is 12.5. The summed E-state index contributed by atoms with van der Waals surface area (Å²) in [4.78, 5) is 22.3. The molecule has 8 nitrogen and oxygen atoms in total. The van der Waals surface area contributed by atoms with Crippen LogP contribution in [0.25, 0.3) is 5.78 Å². The van der Waals surface area contributed by atoms with Crippen molar-refractivity contribution in [2.45, 2.75) is 103 Å². The molecule has 4 heterocycles. The van der Waals surface area contributed by atoms with Crippen molar-refractivity contribution in [1.29, 1.82) is 0 Å². The molecular weight excluding hydrogens is 483 g/mol. The van der Waals surface area contributed by atoms with Gasteiger partial charge in [-0.3, -0.25) is 4.79 Å². The number of piperidine rings is 1. The van der Waals surface area contributed by atoms with Gasteiger partial charge in [-0.1, -0.05) is 46.6 Å². The number of amides is 1. The molecule has 0 spiro atoms. The van der Waals surface area contributed by atoms with Crippen molar-refractivity contribution in [3.8, 4) is 0 Å². The number of fused-ring (bicyclic) bond motifs is 1. The summed E-state index contributed by atoms with van der Waals surface area (Å²) < 4.78 is 23.1. The van der Waals surface area contributed by atoms with Gasteiger partial charge in [0.25, 0.3) is 5.78 Å². The number of rotatable bonds is 12. The summed E-state index contributed by atoms with van der Waals surface area (Å²) in [5, 5.41) is 11.4. The van der Waals surface area contributed by atoms with Crippen molar-refractivity contribution in [1.82, 2.24) is 30.2 Å². The normalized spacial score (nSPS) is 25.7. The van der Waals surface area contributed by atoms with Crippen LogP contribution in [0, 0.1) is 11.8 Å². The molecule has 9 heteroatoms. The Kier molecular flexibility index (Phi) is 9.39. The quantitative estimate of drug-likeness (QED) is 0.394. The maximum atomic E-state index is 15.7. The Bertz CT molecular complexity index is 1120. The van der Waals surface area contributed by atoms with E-state index in [0.29, 0.717) is 49.1 Å². The Morgan fingerprint density at radius 3 is 2.89 bits per heavy atom. The first-order chi connectivity index (χ1) is 18.2. The third-order valence-corrected chi connectivity index (χ3v) is 8.40. The summed E-state index contributed by atoms with van der Waals surface area (Å²) in [6.07, 6.45) is 9.52. The van der Waals surface area contributed by atoms with Crippen LogP contribution in [0.2, 0.25) is 0 Å². The van der Waals surface area contributed by atoms with E-state index >= 15 is 4.39 Å². The summed E-state index contributed by atoms with van der Waals surface area (Å²) in [7, 11) is 0. The van der Waals surface area contributed by atoms with Crippen LogP contribution in [-0.4, -0.2) is 50.9 Å². The highest BCUT2D eigenvalue weighted by Gasteiger charge is 2.42. The van der Waals surface area contributed by atoms with Crippen molar-refractivity contribution in [3.63, 3.8) is 0 Å². The molecule has 5 atom stereocenters. The second-order valence-corrected chi connectivity index (χ2v) is 11.4. The molecule has 2 aromatic rings. The number of imidazole rings is 1. The first-order valence-corrected chi connectivity index (χ1v) is 14.5.